The number of hydrogen-bond acceptors (Lipinski definition) is 7. The van der Waals surface area contributed by atoms with E-state index in [1.165, 1.54) is 25.1 Å². The van der Waals surface area contributed by atoms with Crippen LogP contribution in [0.2, 0.25) is 0 Å². The van der Waals surface area contributed by atoms with Crippen LogP contribution in [0.4, 0.5) is 10.2 Å². The molecule has 11 heteroatoms. The minimum atomic E-state index is -4.27. The highest BCUT2D eigenvalue weighted by molar-refractivity contribution is 7.89. The number of hydrogen-bond donors (Lipinski definition) is 2. The smallest absolute Gasteiger partial charge is 0.324 e. The molecule has 0 saturated heterocycles. The van der Waals surface area contributed by atoms with Crippen LogP contribution in [0, 0.1) is 12.7 Å². The Labute approximate surface area is 148 Å². The number of aromatic nitrogens is 1. The van der Waals surface area contributed by atoms with E-state index in [1.54, 1.807) is 6.92 Å². The van der Waals surface area contributed by atoms with E-state index >= 15 is 0 Å². The highest BCUT2D eigenvalue weighted by Gasteiger charge is 2.25. The number of aryl methyl sites for hydroxylation is 1. The maximum absolute atomic E-state index is 13.6. The molecule has 0 radical (unpaired) electrons. The zero-order valence-electron chi connectivity index (χ0n) is 13.9. The summed E-state index contributed by atoms with van der Waals surface area (Å²) in [7, 11) is -4.27. The summed E-state index contributed by atoms with van der Waals surface area (Å²) in [5.41, 5.74) is 0. The van der Waals surface area contributed by atoms with E-state index < -0.39 is 45.3 Å². The van der Waals surface area contributed by atoms with E-state index in [0.717, 1.165) is 12.1 Å². The average molecular weight is 385 g/mol. The van der Waals surface area contributed by atoms with Gasteiger partial charge in [0.1, 0.15) is 22.5 Å². The SMILES string of the molecule is Cc1cc(NC(=O)COC(=O)[C@H](C)NS(=O)(=O)c2ccccc2F)no1. The third kappa shape index (κ3) is 5.10. The maximum atomic E-state index is 13.6. The molecule has 0 aliphatic heterocycles. The van der Waals surface area contributed by atoms with Crippen LogP contribution in [0.5, 0.6) is 0 Å². The van der Waals surface area contributed by atoms with Gasteiger partial charge in [-0.05, 0) is 26.0 Å². The van der Waals surface area contributed by atoms with Crippen molar-refractivity contribution < 1.29 is 31.7 Å². The zero-order chi connectivity index (χ0) is 19.3. The first-order chi connectivity index (χ1) is 12.2. The van der Waals surface area contributed by atoms with Crippen molar-refractivity contribution in [1.82, 2.24) is 9.88 Å². The van der Waals surface area contributed by atoms with Gasteiger partial charge >= 0.3 is 5.97 Å². The van der Waals surface area contributed by atoms with Crippen LogP contribution in [0.1, 0.15) is 12.7 Å². The number of amides is 1. The van der Waals surface area contributed by atoms with Gasteiger partial charge < -0.3 is 14.6 Å². The predicted octanol–water partition coefficient (Wildman–Crippen LogP) is 0.971. The number of esters is 1. The van der Waals surface area contributed by atoms with Crippen LogP contribution in [0.15, 0.2) is 39.8 Å². The first-order valence-corrected chi connectivity index (χ1v) is 8.84. The van der Waals surface area contributed by atoms with Crippen LogP contribution in [-0.2, 0) is 24.3 Å². The quantitative estimate of drug-likeness (QED) is 0.680. The summed E-state index contributed by atoms with van der Waals surface area (Å²) in [6.07, 6.45) is 0. The number of sulfonamides is 1. The third-order valence-corrected chi connectivity index (χ3v) is 4.63. The summed E-state index contributed by atoms with van der Waals surface area (Å²) in [6.45, 7) is 2.18. The Balaban J connectivity index is 1.89. The molecule has 1 atom stereocenters. The van der Waals surface area contributed by atoms with Gasteiger partial charge in [0.2, 0.25) is 10.0 Å². The second-order valence-corrected chi connectivity index (χ2v) is 6.93. The number of anilines is 1. The van der Waals surface area contributed by atoms with Gasteiger partial charge in [-0.2, -0.15) is 4.72 Å². The van der Waals surface area contributed by atoms with Gasteiger partial charge in [-0.15, -0.1) is 0 Å². The Morgan fingerprint density at radius 1 is 1.35 bits per heavy atom. The molecule has 0 fully saturated rings. The monoisotopic (exact) mass is 385 g/mol. The Morgan fingerprint density at radius 2 is 2.04 bits per heavy atom. The van der Waals surface area contributed by atoms with Gasteiger partial charge in [0.15, 0.2) is 12.4 Å². The molecule has 2 aromatic rings. The van der Waals surface area contributed by atoms with Crippen molar-refractivity contribution in [3.05, 3.63) is 41.9 Å². The summed E-state index contributed by atoms with van der Waals surface area (Å²) >= 11 is 0. The van der Waals surface area contributed by atoms with Gasteiger partial charge in [-0.25, -0.2) is 12.8 Å². The number of ether oxygens (including phenoxy) is 1. The minimum absolute atomic E-state index is 0.150. The van der Waals surface area contributed by atoms with E-state index in [2.05, 4.69) is 10.5 Å². The molecular formula is C15H16FN3O6S. The summed E-state index contributed by atoms with van der Waals surface area (Å²) in [6, 6.07) is 4.85. The molecule has 9 nitrogen and oxygen atoms in total. The molecule has 0 saturated carbocycles. The number of benzene rings is 1. The number of carbonyl (C=O) groups is 2. The number of rotatable bonds is 7. The van der Waals surface area contributed by atoms with Gasteiger partial charge in [0, 0.05) is 6.07 Å². The van der Waals surface area contributed by atoms with Crippen molar-refractivity contribution in [3.8, 4) is 0 Å². The van der Waals surface area contributed by atoms with Crippen LogP contribution in [0.25, 0.3) is 0 Å². The fourth-order valence-electron chi connectivity index (χ4n) is 1.87. The van der Waals surface area contributed by atoms with Crippen LogP contribution < -0.4 is 10.0 Å². The highest BCUT2D eigenvalue weighted by Crippen LogP contribution is 2.13. The molecule has 0 aliphatic carbocycles. The van der Waals surface area contributed by atoms with Crippen LogP contribution in [0.3, 0.4) is 0 Å². The first kappa shape index (κ1) is 19.5. The molecule has 0 bridgehead atoms. The lowest BCUT2D eigenvalue weighted by Gasteiger charge is -2.13. The number of nitrogens with zero attached hydrogens (tertiary/aromatic N) is 1. The maximum Gasteiger partial charge on any atom is 0.324 e. The third-order valence-electron chi connectivity index (χ3n) is 3.05. The van der Waals surface area contributed by atoms with Gasteiger partial charge in [-0.3, -0.25) is 9.59 Å². The minimum Gasteiger partial charge on any atom is -0.454 e. The van der Waals surface area contributed by atoms with E-state index in [9.17, 15) is 22.4 Å². The Hall–Kier alpha value is -2.79. The van der Waals surface area contributed by atoms with Crippen molar-refractivity contribution in [2.24, 2.45) is 0 Å². The molecule has 1 aromatic heterocycles. The topological polar surface area (TPSA) is 128 Å². The number of nitrogens with one attached hydrogen (secondary N) is 2. The summed E-state index contributed by atoms with van der Waals surface area (Å²) in [4.78, 5) is 22.9. The molecule has 2 N–H and O–H groups in total. The lowest BCUT2D eigenvalue weighted by molar-refractivity contribution is -0.148. The summed E-state index contributed by atoms with van der Waals surface area (Å²) < 4.78 is 49.3. The fraction of sp³-hybridized carbons (Fsp3) is 0.267. The second kappa shape index (κ2) is 8.06. The Kier molecular flexibility index (Phi) is 6.05. The first-order valence-electron chi connectivity index (χ1n) is 7.35. The molecule has 1 amide bonds. The van der Waals surface area contributed by atoms with Gasteiger partial charge in [-0.1, -0.05) is 17.3 Å². The van der Waals surface area contributed by atoms with E-state index in [1.807, 2.05) is 4.72 Å². The van der Waals surface area contributed by atoms with Crippen molar-refractivity contribution in [2.75, 3.05) is 11.9 Å². The molecule has 1 aromatic carbocycles. The fourth-order valence-corrected chi connectivity index (χ4v) is 3.14. The van der Waals surface area contributed by atoms with Crippen molar-refractivity contribution in [3.63, 3.8) is 0 Å². The van der Waals surface area contributed by atoms with Gasteiger partial charge in [0.25, 0.3) is 5.91 Å². The van der Waals surface area contributed by atoms with Crippen molar-refractivity contribution in [1.29, 1.82) is 0 Å². The average Bonchev–Trinajstić information content (AvgIpc) is 2.97. The normalized spacial score (nSPS) is 12.4. The lowest BCUT2D eigenvalue weighted by atomic mass is 10.3. The Morgan fingerprint density at radius 3 is 2.65 bits per heavy atom. The van der Waals surface area contributed by atoms with E-state index in [4.69, 9.17) is 9.26 Å². The van der Waals surface area contributed by atoms with Gasteiger partial charge in [0.05, 0.1) is 0 Å². The molecule has 0 unspecified atom stereocenters. The molecule has 1 heterocycles. The summed E-state index contributed by atoms with van der Waals surface area (Å²) in [5, 5.41) is 5.86. The molecule has 140 valence electrons. The Bertz CT molecular complexity index is 912. The molecular weight excluding hydrogens is 369 g/mol. The van der Waals surface area contributed by atoms with Crippen LogP contribution >= 0.6 is 0 Å². The number of halogens is 1. The molecule has 26 heavy (non-hydrogen) atoms. The zero-order valence-corrected chi connectivity index (χ0v) is 14.7. The van der Waals surface area contributed by atoms with Crippen molar-refractivity contribution in [2.45, 2.75) is 24.8 Å². The standard InChI is InChI=1S/C15H16FN3O6S/c1-9-7-13(18-25-9)17-14(20)8-24-15(21)10(2)19-26(22,23)12-6-4-3-5-11(12)16/h3-7,10,19H,8H2,1-2H3,(H,17,18,20)/t10-/m0/s1. The lowest BCUT2D eigenvalue weighted by Crippen LogP contribution is -2.40. The largest absolute Gasteiger partial charge is 0.454 e. The van der Waals surface area contributed by atoms with Crippen LogP contribution in [-0.4, -0.2) is 38.1 Å². The summed E-state index contributed by atoms with van der Waals surface area (Å²) in [5.74, 6) is -2.01. The van der Waals surface area contributed by atoms with E-state index in [0.29, 0.717) is 5.76 Å². The molecule has 0 aliphatic rings. The number of carbonyl (C=O) groups excluding carboxylic acids is 2. The molecule has 0 spiro atoms. The predicted molar refractivity (Wildman–Crippen MR) is 87.0 cm³/mol. The van der Waals surface area contributed by atoms with E-state index in [-0.39, 0.29) is 5.82 Å². The van der Waals surface area contributed by atoms with Crippen molar-refractivity contribution >= 4 is 27.7 Å². The molecule has 2 rings (SSSR count). The second-order valence-electron chi connectivity index (χ2n) is 5.25. The highest BCUT2D eigenvalue weighted by atomic mass is 32.2.